The highest BCUT2D eigenvalue weighted by Gasteiger charge is 2.25. The first kappa shape index (κ1) is 19.2. The number of carbonyl (C=O) groups is 2. The van der Waals surface area contributed by atoms with Crippen LogP contribution in [0.1, 0.15) is 40.6 Å². The Hall–Kier alpha value is -2.54. The van der Waals surface area contributed by atoms with Crippen molar-refractivity contribution in [3.63, 3.8) is 0 Å². The fourth-order valence-corrected chi connectivity index (χ4v) is 4.22. The van der Waals surface area contributed by atoms with E-state index in [1.165, 1.54) is 12.0 Å². The SMILES string of the molecule is COc1ccc(NC(=O)[C@@H](C)OC(=O)c2csc3c2CCCC3)cc1OC. The van der Waals surface area contributed by atoms with Crippen LogP contribution in [0, 0.1) is 0 Å². The summed E-state index contributed by atoms with van der Waals surface area (Å²) in [6.07, 6.45) is 3.24. The Morgan fingerprint density at radius 1 is 1.11 bits per heavy atom. The second-order valence-electron chi connectivity index (χ2n) is 6.36. The number of anilines is 1. The molecule has 0 spiro atoms. The quantitative estimate of drug-likeness (QED) is 0.760. The summed E-state index contributed by atoms with van der Waals surface area (Å²) in [6.45, 7) is 1.56. The summed E-state index contributed by atoms with van der Waals surface area (Å²) in [5.74, 6) is 0.228. The van der Waals surface area contributed by atoms with Gasteiger partial charge in [0.2, 0.25) is 0 Å². The number of thiophene rings is 1. The van der Waals surface area contributed by atoms with Gasteiger partial charge in [-0.1, -0.05) is 0 Å². The highest BCUT2D eigenvalue weighted by molar-refractivity contribution is 7.10. The minimum Gasteiger partial charge on any atom is -0.493 e. The highest BCUT2D eigenvalue weighted by atomic mass is 32.1. The normalized spacial score (nSPS) is 14.0. The Kier molecular flexibility index (Phi) is 6.01. The highest BCUT2D eigenvalue weighted by Crippen LogP contribution is 2.31. The molecule has 1 aromatic carbocycles. The van der Waals surface area contributed by atoms with Gasteiger partial charge in [0.25, 0.3) is 5.91 Å². The van der Waals surface area contributed by atoms with Gasteiger partial charge in [-0.25, -0.2) is 4.79 Å². The second-order valence-corrected chi connectivity index (χ2v) is 7.33. The lowest BCUT2D eigenvalue weighted by Crippen LogP contribution is -2.30. The van der Waals surface area contributed by atoms with Crippen LogP contribution in [0.15, 0.2) is 23.6 Å². The van der Waals surface area contributed by atoms with Gasteiger partial charge in [-0.05, 0) is 50.3 Å². The largest absolute Gasteiger partial charge is 0.493 e. The molecule has 0 radical (unpaired) electrons. The van der Waals surface area contributed by atoms with E-state index in [1.54, 1.807) is 43.6 Å². The lowest BCUT2D eigenvalue weighted by atomic mass is 9.96. The molecule has 144 valence electrons. The van der Waals surface area contributed by atoms with E-state index in [2.05, 4.69) is 5.32 Å². The van der Waals surface area contributed by atoms with Gasteiger partial charge in [0.15, 0.2) is 17.6 Å². The smallest absolute Gasteiger partial charge is 0.340 e. The first-order valence-corrected chi connectivity index (χ1v) is 9.74. The molecule has 0 fully saturated rings. The van der Waals surface area contributed by atoms with Gasteiger partial charge >= 0.3 is 5.97 Å². The van der Waals surface area contributed by atoms with Crippen LogP contribution in [-0.4, -0.2) is 32.2 Å². The summed E-state index contributed by atoms with van der Waals surface area (Å²) in [6, 6.07) is 5.05. The van der Waals surface area contributed by atoms with Crippen molar-refractivity contribution in [2.45, 2.75) is 38.7 Å². The third-order valence-electron chi connectivity index (χ3n) is 4.59. The van der Waals surface area contributed by atoms with E-state index >= 15 is 0 Å². The van der Waals surface area contributed by atoms with Crippen LogP contribution in [0.3, 0.4) is 0 Å². The molecule has 1 aliphatic carbocycles. The maximum atomic E-state index is 12.5. The fourth-order valence-electron chi connectivity index (χ4n) is 3.10. The van der Waals surface area contributed by atoms with Crippen LogP contribution in [0.25, 0.3) is 0 Å². The number of hydrogen-bond acceptors (Lipinski definition) is 6. The number of amides is 1. The van der Waals surface area contributed by atoms with Crippen molar-refractivity contribution < 1.29 is 23.8 Å². The van der Waals surface area contributed by atoms with E-state index < -0.39 is 18.0 Å². The van der Waals surface area contributed by atoms with Crippen molar-refractivity contribution in [1.82, 2.24) is 0 Å². The molecule has 0 unspecified atom stereocenters. The lowest BCUT2D eigenvalue weighted by molar-refractivity contribution is -0.123. The van der Waals surface area contributed by atoms with Crippen LogP contribution in [0.2, 0.25) is 0 Å². The van der Waals surface area contributed by atoms with Gasteiger partial charge in [0.1, 0.15) is 0 Å². The molecule has 0 bridgehead atoms. The summed E-state index contributed by atoms with van der Waals surface area (Å²) < 4.78 is 15.8. The number of hydrogen-bond donors (Lipinski definition) is 1. The van der Waals surface area contributed by atoms with Crippen molar-refractivity contribution in [2.24, 2.45) is 0 Å². The molecule has 1 heterocycles. The molecule has 7 heteroatoms. The molecule has 1 amide bonds. The van der Waals surface area contributed by atoms with Crippen LogP contribution in [-0.2, 0) is 22.4 Å². The Morgan fingerprint density at radius 3 is 2.59 bits per heavy atom. The molecular weight excluding hydrogens is 366 g/mol. The molecular formula is C20H23NO5S. The molecule has 3 rings (SSSR count). The average Bonchev–Trinajstić information content (AvgIpc) is 3.12. The number of carbonyl (C=O) groups excluding carboxylic acids is 2. The van der Waals surface area contributed by atoms with E-state index in [-0.39, 0.29) is 0 Å². The number of benzene rings is 1. The van der Waals surface area contributed by atoms with Gasteiger partial charge in [-0.15, -0.1) is 11.3 Å². The Labute approximate surface area is 162 Å². The molecule has 6 nitrogen and oxygen atoms in total. The maximum Gasteiger partial charge on any atom is 0.340 e. The van der Waals surface area contributed by atoms with Gasteiger partial charge in [-0.3, -0.25) is 4.79 Å². The predicted octanol–water partition coefficient (Wildman–Crippen LogP) is 3.83. The zero-order valence-corrected chi connectivity index (χ0v) is 16.5. The predicted molar refractivity (Wildman–Crippen MR) is 104 cm³/mol. The Morgan fingerprint density at radius 2 is 1.85 bits per heavy atom. The molecule has 2 aromatic rings. The molecule has 0 saturated heterocycles. The lowest BCUT2D eigenvalue weighted by Gasteiger charge is -2.16. The molecule has 1 aromatic heterocycles. The Balaban J connectivity index is 1.64. The summed E-state index contributed by atoms with van der Waals surface area (Å²) >= 11 is 1.60. The van der Waals surface area contributed by atoms with Gasteiger partial charge in [0, 0.05) is 22.0 Å². The molecule has 1 atom stereocenters. The standard InChI is InChI=1S/C20H23NO5S/c1-12(19(22)21-13-8-9-16(24-2)17(10-13)25-3)26-20(23)15-11-27-18-7-5-4-6-14(15)18/h8-12H,4-7H2,1-3H3,(H,21,22)/t12-/m1/s1. The van der Waals surface area contributed by atoms with Crippen LogP contribution < -0.4 is 14.8 Å². The van der Waals surface area contributed by atoms with Crippen molar-refractivity contribution >= 4 is 28.9 Å². The summed E-state index contributed by atoms with van der Waals surface area (Å²) in [7, 11) is 3.07. The number of aryl methyl sites for hydroxylation is 1. The van der Waals surface area contributed by atoms with E-state index in [0.29, 0.717) is 22.7 Å². The van der Waals surface area contributed by atoms with Crippen LogP contribution >= 0.6 is 11.3 Å². The fraction of sp³-hybridized carbons (Fsp3) is 0.400. The van der Waals surface area contributed by atoms with E-state index in [1.807, 2.05) is 5.38 Å². The average molecular weight is 389 g/mol. The first-order chi connectivity index (χ1) is 13.0. The molecule has 1 aliphatic rings. The summed E-state index contributed by atoms with van der Waals surface area (Å²) in [5.41, 5.74) is 2.22. The van der Waals surface area contributed by atoms with Crippen molar-refractivity contribution in [3.05, 3.63) is 39.6 Å². The first-order valence-electron chi connectivity index (χ1n) is 8.86. The third-order valence-corrected chi connectivity index (χ3v) is 5.67. The molecule has 1 N–H and O–H groups in total. The van der Waals surface area contributed by atoms with Gasteiger partial charge in [0.05, 0.1) is 19.8 Å². The van der Waals surface area contributed by atoms with Crippen molar-refractivity contribution in [2.75, 3.05) is 19.5 Å². The molecule has 0 aliphatic heterocycles. The number of nitrogens with one attached hydrogen (secondary N) is 1. The topological polar surface area (TPSA) is 73.9 Å². The minimum atomic E-state index is -0.912. The number of fused-ring (bicyclic) bond motifs is 1. The zero-order valence-electron chi connectivity index (χ0n) is 15.7. The Bertz CT molecular complexity index is 845. The second kappa shape index (κ2) is 8.43. The number of methoxy groups -OCH3 is 2. The molecule has 27 heavy (non-hydrogen) atoms. The van der Waals surface area contributed by atoms with E-state index in [9.17, 15) is 9.59 Å². The number of esters is 1. The summed E-state index contributed by atoms with van der Waals surface area (Å²) in [4.78, 5) is 26.2. The third kappa shape index (κ3) is 4.24. The van der Waals surface area contributed by atoms with Gasteiger partial charge < -0.3 is 19.5 Å². The maximum absolute atomic E-state index is 12.5. The number of rotatable bonds is 6. The van der Waals surface area contributed by atoms with Crippen LogP contribution in [0.5, 0.6) is 11.5 Å². The summed E-state index contributed by atoms with van der Waals surface area (Å²) in [5, 5.41) is 4.58. The van der Waals surface area contributed by atoms with Crippen molar-refractivity contribution in [3.8, 4) is 11.5 Å². The van der Waals surface area contributed by atoms with Crippen molar-refractivity contribution in [1.29, 1.82) is 0 Å². The zero-order chi connectivity index (χ0) is 19.4. The van der Waals surface area contributed by atoms with E-state index in [0.717, 1.165) is 31.2 Å². The van der Waals surface area contributed by atoms with Crippen LogP contribution in [0.4, 0.5) is 5.69 Å². The molecule has 0 saturated carbocycles. The monoisotopic (exact) mass is 389 g/mol. The van der Waals surface area contributed by atoms with Gasteiger partial charge in [-0.2, -0.15) is 0 Å². The minimum absolute atomic E-state index is 0.403. The number of ether oxygens (including phenoxy) is 3. The van der Waals surface area contributed by atoms with E-state index in [4.69, 9.17) is 14.2 Å².